The summed E-state index contributed by atoms with van der Waals surface area (Å²) in [6, 6.07) is 0. The summed E-state index contributed by atoms with van der Waals surface area (Å²) in [6.45, 7) is 11.4. The predicted molar refractivity (Wildman–Crippen MR) is 192 cm³/mol. The number of amides is 1. The molecule has 1 amide bonds. The first-order valence-corrected chi connectivity index (χ1v) is 18.2. The summed E-state index contributed by atoms with van der Waals surface area (Å²) in [6.07, 6.45) is 32.6. The lowest BCUT2D eigenvalue weighted by Gasteiger charge is -2.05. The lowest BCUT2D eigenvalue weighted by atomic mass is 10.1. The Bertz CT molecular complexity index is 905. The first kappa shape index (κ1) is 42.2. The molecule has 0 unspecified atom stereocenters. The van der Waals surface area contributed by atoms with Crippen LogP contribution in [0, 0.1) is 0 Å². The van der Waals surface area contributed by atoms with Crippen LogP contribution in [0.4, 0.5) is 5.95 Å². The summed E-state index contributed by atoms with van der Waals surface area (Å²) < 4.78 is 1.82. The second-order valence-corrected chi connectivity index (χ2v) is 12.0. The molecule has 0 bridgehead atoms. The van der Waals surface area contributed by atoms with E-state index in [0.29, 0.717) is 25.5 Å². The van der Waals surface area contributed by atoms with Crippen molar-refractivity contribution in [2.45, 2.75) is 169 Å². The Morgan fingerprint density at radius 3 is 1.87 bits per heavy atom. The average molecular weight is 631 g/mol. The van der Waals surface area contributed by atoms with Gasteiger partial charge in [-0.1, -0.05) is 135 Å². The molecule has 0 aliphatic heterocycles. The molecule has 0 saturated heterocycles. The van der Waals surface area contributed by atoms with E-state index in [2.05, 4.69) is 58.3 Å². The zero-order valence-corrected chi connectivity index (χ0v) is 29.7. The molecule has 2 heterocycles. The van der Waals surface area contributed by atoms with E-state index in [1.165, 1.54) is 89.9 Å². The number of aromatic amines is 1. The predicted octanol–water partition coefficient (Wildman–Crippen LogP) is 8.68. The van der Waals surface area contributed by atoms with Gasteiger partial charge in [0, 0.05) is 31.9 Å². The van der Waals surface area contributed by atoms with Gasteiger partial charge in [-0.2, -0.15) is 0 Å². The molecule has 9 heteroatoms. The smallest absolute Gasteiger partial charge is 0.220 e. The number of hydrogen-bond acceptors (Lipinski definition) is 6. The number of nitrogens with one attached hydrogen (secondary N) is 3. The van der Waals surface area contributed by atoms with Crippen molar-refractivity contribution < 1.29 is 4.79 Å². The highest BCUT2D eigenvalue weighted by molar-refractivity contribution is 5.75. The number of nitrogens with two attached hydrogens (primary N) is 1. The fourth-order valence-corrected chi connectivity index (χ4v) is 4.89. The summed E-state index contributed by atoms with van der Waals surface area (Å²) >= 11 is 0. The lowest BCUT2D eigenvalue weighted by Crippen LogP contribution is -2.27. The number of anilines is 1. The number of hydrogen-bond donors (Lipinski definition) is 4. The molecule has 5 N–H and O–H groups in total. The van der Waals surface area contributed by atoms with E-state index in [1.807, 2.05) is 17.9 Å². The van der Waals surface area contributed by atoms with Crippen LogP contribution in [0.5, 0.6) is 0 Å². The fourth-order valence-electron chi connectivity index (χ4n) is 4.89. The molecule has 0 aliphatic rings. The highest BCUT2D eigenvalue weighted by atomic mass is 16.1. The number of nitrogens with zero attached hydrogens (tertiary/aromatic N) is 4. The Kier molecular flexibility index (Phi) is 30.5. The molecular formula is C36H70N8O. The molecule has 9 nitrogen and oxygen atoms in total. The van der Waals surface area contributed by atoms with Crippen molar-refractivity contribution in [3.05, 3.63) is 36.6 Å². The van der Waals surface area contributed by atoms with Crippen LogP contribution in [0.3, 0.4) is 0 Å². The second kappa shape index (κ2) is 32.6. The molecule has 0 aromatic carbocycles. The van der Waals surface area contributed by atoms with E-state index in [4.69, 9.17) is 5.73 Å². The number of aromatic nitrogens is 5. The normalized spacial score (nSPS) is 10.4. The molecule has 0 spiro atoms. The van der Waals surface area contributed by atoms with Gasteiger partial charge < -0.3 is 21.4 Å². The molecule has 0 fully saturated rings. The van der Waals surface area contributed by atoms with Crippen LogP contribution in [0.2, 0.25) is 0 Å². The summed E-state index contributed by atoms with van der Waals surface area (Å²) in [5.74, 6) is 0.628. The van der Waals surface area contributed by atoms with Crippen LogP contribution in [0.25, 0.3) is 0 Å². The molecule has 0 radical (unpaired) electrons. The Balaban J connectivity index is 0.00000125. The standard InChI is InChI=1S/C24H43N7O.C9H20.C3H7N/c1-2-3-4-5-6-7-8-9-13-16-23(32)26-17-18-31-20-22(29-30-31)15-12-10-11-14-21-19-27-24(25)28-21;1-3-5-7-9-8-6-4-2;1-3-4-2/h19-20H,2-18H2,1H3,(H,26,32)(H3,25,27,28);3-9H2,1-2H3;3-4H,1H2,2H3. The van der Waals surface area contributed by atoms with Gasteiger partial charge in [-0.3, -0.25) is 9.48 Å². The van der Waals surface area contributed by atoms with Crippen molar-refractivity contribution in [3.8, 4) is 0 Å². The molecular weight excluding hydrogens is 560 g/mol. The third kappa shape index (κ3) is 28.4. The average Bonchev–Trinajstić information content (AvgIpc) is 3.68. The van der Waals surface area contributed by atoms with Crippen molar-refractivity contribution >= 4 is 11.9 Å². The number of nitrogen functional groups attached to an aromatic ring is 1. The van der Waals surface area contributed by atoms with Gasteiger partial charge in [0.2, 0.25) is 5.91 Å². The quantitative estimate of drug-likeness (QED) is 0.0770. The molecule has 0 aliphatic carbocycles. The topological polar surface area (TPSA) is 127 Å². The Hall–Kier alpha value is -2.84. The number of aryl methyl sites for hydroxylation is 2. The van der Waals surface area contributed by atoms with E-state index in [-0.39, 0.29) is 5.91 Å². The zero-order valence-electron chi connectivity index (χ0n) is 29.7. The van der Waals surface area contributed by atoms with Crippen LogP contribution in [-0.2, 0) is 24.2 Å². The first-order chi connectivity index (χ1) is 22.0. The third-order valence-corrected chi connectivity index (χ3v) is 7.69. The Morgan fingerprint density at radius 2 is 1.36 bits per heavy atom. The van der Waals surface area contributed by atoms with Crippen molar-refractivity contribution in [2.24, 2.45) is 0 Å². The number of rotatable bonds is 26. The molecule has 2 aromatic heterocycles. The maximum Gasteiger partial charge on any atom is 0.220 e. The van der Waals surface area contributed by atoms with Gasteiger partial charge in [0.25, 0.3) is 0 Å². The minimum absolute atomic E-state index is 0.146. The van der Waals surface area contributed by atoms with Crippen molar-refractivity contribution in [1.29, 1.82) is 0 Å². The van der Waals surface area contributed by atoms with Gasteiger partial charge in [-0.05, 0) is 38.3 Å². The monoisotopic (exact) mass is 631 g/mol. The zero-order chi connectivity index (χ0) is 33.2. The van der Waals surface area contributed by atoms with Crippen LogP contribution in [-0.4, -0.2) is 44.5 Å². The van der Waals surface area contributed by atoms with Gasteiger partial charge >= 0.3 is 0 Å². The van der Waals surface area contributed by atoms with Gasteiger partial charge in [-0.15, -0.1) is 5.10 Å². The summed E-state index contributed by atoms with van der Waals surface area (Å²) in [5.41, 5.74) is 7.69. The SMILES string of the molecule is C=CNC.CCCCCCCCC.CCCCCCCCCCCC(=O)NCCn1cc(CCCCCc2cnc(N)[nH]2)nn1. The molecule has 45 heavy (non-hydrogen) atoms. The first-order valence-electron chi connectivity index (χ1n) is 18.2. The molecule has 2 aromatic rings. The highest BCUT2D eigenvalue weighted by Crippen LogP contribution is 2.11. The third-order valence-electron chi connectivity index (χ3n) is 7.69. The Labute approximate surface area is 276 Å². The van der Waals surface area contributed by atoms with E-state index in [9.17, 15) is 4.79 Å². The summed E-state index contributed by atoms with van der Waals surface area (Å²) in [4.78, 5) is 19.0. The Morgan fingerprint density at radius 1 is 0.844 bits per heavy atom. The molecule has 2 rings (SSSR count). The van der Waals surface area contributed by atoms with Gasteiger partial charge in [-0.25, -0.2) is 4.98 Å². The van der Waals surface area contributed by atoms with Crippen molar-refractivity contribution in [3.63, 3.8) is 0 Å². The minimum atomic E-state index is 0.146. The number of unbranched alkanes of at least 4 members (excludes halogenated alkanes) is 16. The van der Waals surface area contributed by atoms with E-state index in [1.54, 1.807) is 12.4 Å². The number of carbonyl (C=O) groups excluding carboxylic acids is 1. The van der Waals surface area contributed by atoms with Gasteiger partial charge in [0.15, 0.2) is 5.95 Å². The van der Waals surface area contributed by atoms with Gasteiger partial charge in [0.05, 0.1) is 18.4 Å². The summed E-state index contributed by atoms with van der Waals surface area (Å²) in [5, 5.41) is 14.1. The van der Waals surface area contributed by atoms with Crippen LogP contribution in [0.1, 0.15) is 161 Å². The molecule has 260 valence electrons. The van der Waals surface area contributed by atoms with E-state index in [0.717, 1.165) is 56.3 Å². The molecule has 0 saturated carbocycles. The number of carbonyl (C=O) groups is 1. The maximum atomic E-state index is 12.0. The summed E-state index contributed by atoms with van der Waals surface area (Å²) in [7, 11) is 1.81. The number of H-pyrrole nitrogens is 1. The van der Waals surface area contributed by atoms with Crippen molar-refractivity contribution in [2.75, 3.05) is 19.3 Å². The van der Waals surface area contributed by atoms with Crippen LogP contribution in [0.15, 0.2) is 25.2 Å². The van der Waals surface area contributed by atoms with Crippen molar-refractivity contribution in [1.82, 2.24) is 35.6 Å². The van der Waals surface area contributed by atoms with Crippen LogP contribution < -0.4 is 16.4 Å². The minimum Gasteiger partial charge on any atom is -0.394 e. The number of imidazole rings is 1. The molecule has 0 atom stereocenters. The van der Waals surface area contributed by atoms with E-state index < -0.39 is 0 Å². The highest BCUT2D eigenvalue weighted by Gasteiger charge is 2.04. The largest absolute Gasteiger partial charge is 0.394 e. The van der Waals surface area contributed by atoms with E-state index >= 15 is 0 Å². The van der Waals surface area contributed by atoms with Crippen LogP contribution >= 0.6 is 0 Å². The fraction of sp³-hybridized carbons (Fsp3) is 0.778. The lowest BCUT2D eigenvalue weighted by molar-refractivity contribution is -0.121. The maximum absolute atomic E-state index is 12.0. The second-order valence-electron chi connectivity index (χ2n) is 12.0. The van der Waals surface area contributed by atoms with Gasteiger partial charge in [0.1, 0.15) is 0 Å².